The van der Waals surface area contributed by atoms with Crippen LogP contribution in [0.3, 0.4) is 0 Å². The molecule has 128 valence electrons. The number of likely N-dealkylation sites (tertiary alicyclic amines) is 1. The fourth-order valence-corrected chi connectivity index (χ4v) is 2.51. The van der Waals surface area contributed by atoms with Gasteiger partial charge in [0.2, 0.25) is 0 Å². The fraction of sp³-hybridized carbons (Fsp3) is 0.688. The molecule has 0 spiro atoms. The van der Waals surface area contributed by atoms with Gasteiger partial charge in [-0.2, -0.15) is 0 Å². The molecular formula is C16H26N4O3. The maximum atomic E-state index is 12.5. The van der Waals surface area contributed by atoms with Crippen molar-refractivity contribution in [1.29, 1.82) is 0 Å². The zero-order chi connectivity index (χ0) is 17.4. The molecule has 1 aromatic rings. The zero-order valence-corrected chi connectivity index (χ0v) is 14.8. The summed E-state index contributed by atoms with van der Waals surface area (Å²) >= 11 is 0. The van der Waals surface area contributed by atoms with Crippen LogP contribution in [0.25, 0.3) is 0 Å². The molecule has 0 aliphatic carbocycles. The minimum Gasteiger partial charge on any atom is -0.444 e. The zero-order valence-electron chi connectivity index (χ0n) is 14.8. The molecule has 2 amide bonds. The van der Waals surface area contributed by atoms with Crippen LogP contribution in [-0.4, -0.2) is 51.2 Å². The number of aromatic nitrogens is 2. The molecule has 7 heteroatoms. The van der Waals surface area contributed by atoms with E-state index in [0.717, 1.165) is 11.5 Å². The maximum Gasteiger partial charge on any atom is 0.410 e. The predicted molar refractivity (Wildman–Crippen MR) is 86.4 cm³/mol. The van der Waals surface area contributed by atoms with Crippen LogP contribution in [0.4, 0.5) is 4.79 Å². The van der Waals surface area contributed by atoms with Crippen molar-refractivity contribution in [3.8, 4) is 0 Å². The van der Waals surface area contributed by atoms with E-state index in [0.29, 0.717) is 25.2 Å². The Balaban J connectivity index is 1.91. The average molecular weight is 322 g/mol. The first-order valence-corrected chi connectivity index (χ1v) is 7.93. The maximum absolute atomic E-state index is 12.5. The third-order valence-corrected chi connectivity index (χ3v) is 3.81. The van der Waals surface area contributed by atoms with Crippen LogP contribution < -0.4 is 5.32 Å². The van der Waals surface area contributed by atoms with Gasteiger partial charge in [-0.15, -0.1) is 0 Å². The van der Waals surface area contributed by atoms with Gasteiger partial charge in [-0.05, 0) is 34.1 Å². The minimum absolute atomic E-state index is 0.0464. The second-order valence-corrected chi connectivity index (χ2v) is 6.92. The van der Waals surface area contributed by atoms with Gasteiger partial charge >= 0.3 is 6.09 Å². The molecule has 1 aliphatic heterocycles. The van der Waals surface area contributed by atoms with E-state index < -0.39 is 5.60 Å². The number of carbonyl (C=O) groups excluding carboxylic acids is 2. The van der Waals surface area contributed by atoms with Gasteiger partial charge in [-0.1, -0.05) is 6.92 Å². The normalized spacial score (nSPS) is 15.3. The standard InChI is InChI=1S/C16H26N4O3/c1-7-12-13(19(6)10(2)17-12)14(21)18-11-8-20(9-11)15(22)23-16(3,4)5/h11H,7-9H2,1-6H3,(H,18,21). The Morgan fingerprint density at radius 3 is 2.48 bits per heavy atom. The van der Waals surface area contributed by atoms with Gasteiger partial charge in [-0.25, -0.2) is 9.78 Å². The van der Waals surface area contributed by atoms with Gasteiger partial charge in [0.1, 0.15) is 17.1 Å². The van der Waals surface area contributed by atoms with Gasteiger partial charge in [-0.3, -0.25) is 4.79 Å². The van der Waals surface area contributed by atoms with Crippen molar-refractivity contribution < 1.29 is 14.3 Å². The van der Waals surface area contributed by atoms with Crippen LogP contribution in [-0.2, 0) is 18.2 Å². The van der Waals surface area contributed by atoms with Crippen LogP contribution in [0.1, 0.15) is 49.7 Å². The molecular weight excluding hydrogens is 296 g/mol. The van der Waals surface area contributed by atoms with Gasteiger partial charge in [0.05, 0.1) is 11.7 Å². The lowest BCUT2D eigenvalue weighted by molar-refractivity contribution is 0.00528. The lowest BCUT2D eigenvalue weighted by Crippen LogP contribution is -2.61. The van der Waals surface area contributed by atoms with E-state index in [4.69, 9.17) is 4.74 Å². The molecule has 0 radical (unpaired) electrons. The van der Waals surface area contributed by atoms with Gasteiger partial charge in [0, 0.05) is 20.1 Å². The molecule has 0 atom stereocenters. The first kappa shape index (κ1) is 17.3. The predicted octanol–water partition coefficient (Wildman–Crippen LogP) is 1.64. The SMILES string of the molecule is CCc1nc(C)n(C)c1C(=O)NC1CN(C(=O)OC(C)(C)C)C1. The average Bonchev–Trinajstić information content (AvgIpc) is 2.66. The number of hydrogen-bond donors (Lipinski definition) is 1. The van der Waals surface area contributed by atoms with E-state index >= 15 is 0 Å². The van der Waals surface area contributed by atoms with Crippen LogP contribution >= 0.6 is 0 Å². The summed E-state index contributed by atoms with van der Waals surface area (Å²) in [5.41, 5.74) is 0.889. The van der Waals surface area contributed by atoms with Crippen molar-refractivity contribution in [3.63, 3.8) is 0 Å². The van der Waals surface area contributed by atoms with Crippen molar-refractivity contribution >= 4 is 12.0 Å². The summed E-state index contributed by atoms with van der Waals surface area (Å²) in [6.45, 7) is 10.3. The van der Waals surface area contributed by atoms with Gasteiger partial charge < -0.3 is 19.5 Å². The third kappa shape index (κ3) is 3.83. The molecule has 0 saturated carbocycles. The van der Waals surface area contributed by atoms with Crippen LogP contribution in [0.15, 0.2) is 0 Å². The summed E-state index contributed by atoms with van der Waals surface area (Å²) in [5.74, 6) is 0.676. The molecule has 7 nitrogen and oxygen atoms in total. The van der Waals surface area contributed by atoms with Gasteiger partial charge in [0.25, 0.3) is 5.91 Å². The van der Waals surface area contributed by atoms with Crippen molar-refractivity contribution in [1.82, 2.24) is 19.8 Å². The Morgan fingerprint density at radius 1 is 1.35 bits per heavy atom. The largest absolute Gasteiger partial charge is 0.444 e. The van der Waals surface area contributed by atoms with Crippen molar-refractivity contribution in [2.24, 2.45) is 7.05 Å². The Morgan fingerprint density at radius 2 is 1.96 bits per heavy atom. The molecule has 2 heterocycles. The van der Waals surface area contributed by atoms with Crippen LogP contribution in [0.2, 0.25) is 0 Å². The van der Waals surface area contributed by atoms with Crippen LogP contribution in [0, 0.1) is 6.92 Å². The summed E-state index contributed by atoms with van der Waals surface area (Å²) < 4.78 is 7.10. The quantitative estimate of drug-likeness (QED) is 0.918. The summed E-state index contributed by atoms with van der Waals surface area (Å²) in [6, 6.07) is -0.0464. The Kier molecular flexibility index (Phi) is 4.68. The number of rotatable bonds is 3. The number of amides is 2. The van der Waals surface area contributed by atoms with E-state index in [1.807, 2.05) is 41.7 Å². The second kappa shape index (κ2) is 6.22. The summed E-state index contributed by atoms with van der Waals surface area (Å²) in [5, 5.41) is 2.96. The lowest BCUT2D eigenvalue weighted by atomic mass is 10.1. The summed E-state index contributed by atoms with van der Waals surface area (Å²) in [6.07, 6.45) is 0.368. The summed E-state index contributed by atoms with van der Waals surface area (Å²) in [4.78, 5) is 30.3. The first-order valence-electron chi connectivity index (χ1n) is 7.93. The van der Waals surface area contributed by atoms with Crippen molar-refractivity contribution in [2.75, 3.05) is 13.1 Å². The molecule has 23 heavy (non-hydrogen) atoms. The molecule has 1 N–H and O–H groups in total. The smallest absolute Gasteiger partial charge is 0.410 e. The third-order valence-electron chi connectivity index (χ3n) is 3.81. The fourth-order valence-electron chi connectivity index (χ4n) is 2.51. The number of hydrogen-bond acceptors (Lipinski definition) is 4. The van der Waals surface area contributed by atoms with Gasteiger partial charge in [0.15, 0.2) is 0 Å². The van der Waals surface area contributed by atoms with E-state index in [2.05, 4.69) is 10.3 Å². The highest BCUT2D eigenvalue weighted by molar-refractivity contribution is 5.94. The minimum atomic E-state index is -0.506. The Bertz CT molecular complexity index is 610. The number of nitrogens with zero attached hydrogens (tertiary/aromatic N) is 3. The lowest BCUT2D eigenvalue weighted by Gasteiger charge is -2.39. The molecule has 0 unspecified atom stereocenters. The molecule has 2 rings (SSSR count). The Labute approximate surface area is 137 Å². The van der Waals surface area contributed by atoms with Crippen molar-refractivity contribution in [2.45, 2.75) is 52.7 Å². The van der Waals surface area contributed by atoms with E-state index in [1.165, 1.54) is 0 Å². The topological polar surface area (TPSA) is 76.5 Å². The monoisotopic (exact) mass is 322 g/mol. The van der Waals surface area contributed by atoms with Crippen molar-refractivity contribution in [3.05, 3.63) is 17.2 Å². The molecule has 0 bridgehead atoms. The molecule has 0 aromatic carbocycles. The Hall–Kier alpha value is -2.05. The molecule has 1 aromatic heterocycles. The number of aryl methyl sites for hydroxylation is 2. The number of imidazole rings is 1. The number of carbonyl (C=O) groups is 2. The molecule has 1 aliphatic rings. The highest BCUT2D eigenvalue weighted by Crippen LogP contribution is 2.16. The van der Waals surface area contributed by atoms with E-state index in [9.17, 15) is 9.59 Å². The highest BCUT2D eigenvalue weighted by Gasteiger charge is 2.35. The summed E-state index contributed by atoms with van der Waals surface area (Å²) in [7, 11) is 1.84. The second-order valence-electron chi connectivity index (χ2n) is 6.92. The first-order chi connectivity index (χ1) is 10.6. The molecule has 1 saturated heterocycles. The molecule has 1 fully saturated rings. The number of nitrogens with one attached hydrogen (secondary N) is 1. The highest BCUT2D eigenvalue weighted by atomic mass is 16.6. The van der Waals surface area contributed by atoms with E-state index in [-0.39, 0.29) is 18.0 Å². The van der Waals surface area contributed by atoms with E-state index in [1.54, 1.807) is 9.47 Å². The number of ether oxygens (including phenoxy) is 1. The van der Waals surface area contributed by atoms with Crippen LogP contribution in [0.5, 0.6) is 0 Å².